The fraction of sp³-hybridized carbons (Fsp3) is 0.143. The second-order valence-electron chi connectivity index (χ2n) is 11.7. The average molecular weight is 1020 g/mol. The van der Waals surface area contributed by atoms with Gasteiger partial charge in [-0.3, -0.25) is 20.2 Å². The molecule has 0 spiro atoms. The highest BCUT2D eigenvalue weighted by Gasteiger charge is 2.16. The Morgan fingerprint density at radius 1 is 0.559 bits per heavy atom. The van der Waals surface area contributed by atoms with Gasteiger partial charge in [0.05, 0.1) is 36.9 Å². The number of ether oxygens (including phenoxy) is 5. The number of nitro groups is 2. The average Bonchev–Trinajstić information content (AvgIpc) is 3.24. The van der Waals surface area contributed by atoms with Gasteiger partial charge in [-0.2, -0.15) is 0 Å². The van der Waals surface area contributed by atoms with Crippen molar-refractivity contribution in [2.75, 3.05) is 27.1 Å². The molecule has 3 N–H and O–H groups in total. The molecule has 0 saturated heterocycles. The third kappa shape index (κ3) is 16.7. The highest BCUT2D eigenvalue weighted by Crippen LogP contribution is 2.31. The van der Waals surface area contributed by atoms with Crippen LogP contribution in [0.4, 0.5) is 17.1 Å². The number of nitro benzene ring substituents is 2. The summed E-state index contributed by atoms with van der Waals surface area (Å²) < 4.78 is 28.5. The van der Waals surface area contributed by atoms with E-state index in [1.807, 2.05) is 91.0 Å². The van der Waals surface area contributed by atoms with Crippen molar-refractivity contribution in [2.45, 2.75) is 19.1 Å². The second kappa shape index (κ2) is 25.0. The molecule has 0 fully saturated rings. The first kappa shape index (κ1) is 47.8. The maximum absolute atomic E-state index is 11.0. The molecule has 13 nitrogen and oxygen atoms in total. The van der Waals surface area contributed by atoms with Gasteiger partial charge in [-0.15, -0.1) is 11.6 Å². The number of aromatic hydroxyl groups is 1. The van der Waals surface area contributed by atoms with E-state index < -0.39 is 9.85 Å². The van der Waals surface area contributed by atoms with Gasteiger partial charge in [-0.1, -0.05) is 84.2 Å². The lowest BCUT2D eigenvalue weighted by Crippen LogP contribution is -1.99. The number of phenols is 1. The molecule has 0 aliphatic heterocycles. The number of anilines is 1. The zero-order valence-electron chi connectivity index (χ0n) is 31.9. The van der Waals surface area contributed by atoms with Crippen molar-refractivity contribution in [1.82, 2.24) is 0 Å². The van der Waals surface area contributed by atoms with Crippen molar-refractivity contribution in [3.05, 3.63) is 178 Å². The molecule has 0 saturated carbocycles. The number of halogens is 4. The maximum Gasteiger partial charge on any atom is 0.312 e. The summed E-state index contributed by atoms with van der Waals surface area (Å²) in [5.41, 5.74) is 9.21. The normalized spacial score (nSPS) is 9.88. The number of rotatable bonds is 12. The molecule has 59 heavy (non-hydrogen) atoms. The van der Waals surface area contributed by atoms with Crippen LogP contribution in [0.3, 0.4) is 0 Å². The van der Waals surface area contributed by atoms with Crippen LogP contribution in [0.1, 0.15) is 16.7 Å². The molecule has 0 unspecified atom stereocenters. The van der Waals surface area contributed by atoms with Gasteiger partial charge in [0.1, 0.15) is 36.2 Å². The van der Waals surface area contributed by atoms with Gasteiger partial charge in [0, 0.05) is 31.4 Å². The second-order valence-corrected chi connectivity index (χ2v) is 14.7. The first-order valence-electron chi connectivity index (χ1n) is 17.1. The van der Waals surface area contributed by atoms with Crippen molar-refractivity contribution in [2.24, 2.45) is 0 Å². The zero-order chi connectivity index (χ0) is 43.3. The Hall–Kier alpha value is -5.55. The molecule has 6 rings (SSSR count). The maximum atomic E-state index is 11.0. The van der Waals surface area contributed by atoms with Crippen LogP contribution in [0.15, 0.2) is 141 Å². The number of hydrogen-bond acceptors (Lipinski definition) is 11. The van der Waals surface area contributed by atoms with Crippen LogP contribution in [0.25, 0.3) is 0 Å². The molecule has 0 aliphatic carbocycles. The van der Waals surface area contributed by atoms with Gasteiger partial charge in [0.25, 0.3) is 0 Å². The third-order valence-corrected chi connectivity index (χ3v) is 9.43. The SMILES string of the molecule is COc1ccc(CCl)cc1.COc1ccc(COc2ccc(Br)cc2N)cc1.COc1ccc(COc2ccc(Br)cc2[N+](=O)[O-])cc1.O=[N+]([O-])c1cc(Br)ccc1O. The summed E-state index contributed by atoms with van der Waals surface area (Å²) >= 11 is 15.2. The molecule has 6 aromatic carbocycles. The molecule has 0 atom stereocenters. The van der Waals surface area contributed by atoms with Gasteiger partial charge in [-0.25, -0.2) is 0 Å². The number of methoxy groups -OCH3 is 3. The molecule has 0 aliphatic rings. The third-order valence-electron chi connectivity index (χ3n) is 7.64. The lowest BCUT2D eigenvalue weighted by molar-refractivity contribution is -0.386. The standard InChI is InChI=1S/C14H12BrNO4.C14H14BrNO2.C8H9ClO.C6H4BrNO3/c1-19-12-5-2-10(3-6-12)9-20-14-7-4-11(15)8-13(14)16(17)18;1-17-12-5-2-10(3-6-12)9-18-14-7-4-11(15)8-13(14)16;1-10-8-4-2-7(6-9)3-5-8;7-4-1-2-6(9)5(3-4)8(10)11/h2-8H,9H2,1H3;2-8H,9,16H2,1H3;2-5H,6H2,1H3;1-3,9H. The van der Waals surface area contributed by atoms with Crippen molar-refractivity contribution in [3.8, 4) is 34.5 Å². The summed E-state index contributed by atoms with van der Waals surface area (Å²) in [6, 6.07) is 37.1. The molecule has 17 heteroatoms. The van der Waals surface area contributed by atoms with Gasteiger partial charge >= 0.3 is 11.4 Å². The lowest BCUT2D eigenvalue weighted by Gasteiger charge is -2.09. The molecular weight excluding hydrogens is 982 g/mol. The number of benzene rings is 6. The molecule has 0 aromatic heterocycles. The van der Waals surface area contributed by atoms with Crippen LogP contribution in [-0.2, 0) is 19.1 Å². The summed E-state index contributed by atoms with van der Waals surface area (Å²) in [4.78, 5) is 20.1. The van der Waals surface area contributed by atoms with Gasteiger partial charge in [-0.05, 0) is 95.6 Å². The molecule has 0 bridgehead atoms. The number of nitrogens with zero attached hydrogens (tertiary/aromatic N) is 2. The van der Waals surface area contributed by atoms with Crippen LogP contribution in [0.2, 0.25) is 0 Å². The summed E-state index contributed by atoms with van der Waals surface area (Å²) in [5, 5.41) is 30.1. The van der Waals surface area contributed by atoms with Gasteiger partial charge in [0.15, 0.2) is 11.5 Å². The minimum absolute atomic E-state index is 0.0621. The first-order chi connectivity index (χ1) is 28.3. The fourth-order valence-corrected chi connectivity index (χ4v) is 5.78. The first-order valence-corrected chi connectivity index (χ1v) is 20.0. The minimum Gasteiger partial charge on any atom is -0.502 e. The van der Waals surface area contributed by atoms with E-state index in [1.54, 1.807) is 33.5 Å². The Kier molecular flexibility index (Phi) is 20.3. The predicted octanol–water partition coefficient (Wildman–Crippen LogP) is 12.1. The minimum atomic E-state index is -0.639. The molecule has 0 amide bonds. The summed E-state index contributed by atoms with van der Waals surface area (Å²) in [5.74, 6) is 3.63. The van der Waals surface area contributed by atoms with Crippen LogP contribution >= 0.6 is 59.4 Å². The van der Waals surface area contributed by atoms with Crippen LogP contribution < -0.4 is 29.4 Å². The van der Waals surface area contributed by atoms with Crippen molar-refractivity contribution in [1.29, 1.82) is 0 Å². The quantitative estimate of drug-likeness (QED) is 0.0516. The summed E-state index contributed by atoms with van der Waals surface area (Å²) in [6.45, 7) is 0.738. The molecule has 6 aromatic rings. The van der Waals surface area contributed by atoms with Crippen LogP contribution in [-0.4, -0.2) is 36.3 Å². The monoisotopic (exact) mass is 1020 g/mol. The van der Waals surface area contributed by atoms with E-state index in [2.05, 4.69) is 47.8 Å². The predicted molar refractivity (Wildman–Crippen MR) is 239 cm³/mol. The van der Waals surface area contributed by atoms with Crippen molar-refractivity contribution < 1.29 is 38.6 Å². The molecule has 310 valence electrons. The fourth-order valence-electron chi connectivity index (χ4n) is 4.53. The van der Waals surface area contributed by atoms with Gasteiger partial charge in [0.2, 0.25) is 0 Å². The highest BCUT2D eigenvalue weighted by molar-refractivity contribution is 9.11. The van der Waals surface area contributed by atoms with E-state index in [0.29, 0.717) is 32.9 Å². The summed E-state index contributed by atoms with van der Waals surface area (Å²) in [7, 11) is 4.89. The number of hydrogen-bond donors (Lipinski definition) is 2. The number of phenolic OH excluding ortho intramolecular Hbond substituents is 1. The highest BCUT2D eigenvalue weighted by atomic mass is 79.9. The largest absolute Gasteiger partial charge is 0.502 e. The Bertz CT molecular complexity index is 2230. The Morgan fingerprint density at radius 3 is 1.32 bits per heavy atom. The van der Waals surface area contributed by atoms with E-state index in [-0.39, 0.29) is 29.5 Å². The van der Waals surface area contributed by atoms with Crippen molar-refractivity contribution >= 4 is 76.5 Å². The van der Waals surface area contributed by atoms with Gasteiger partial charge < -0.3 is 34.5 Å². The van der Waals surface area contributed by atoms with Crippen LogP contribution in [0, 0.1) is 20.2 Å². The molecule has 0 radical (unpaired) electrons. The zero-order valence-corrected chi connectivity index (χ0v) is 37.4. The Balaban J connectivity index is 0.000000219. The molecule has 0 heterocycles. The van der Waals surface area contributed by atoms with E-state index in [1.165, 1.54) is 24.3 Å². The number of alkyl halides is 1. The topological polar surface area (TPSA) is 179 Å². The van der Waals surface area contributed by atoms with E-state index in [9.17, 15) is 20.2 Å². The Labute approximate surface area is 371 Å². The lowest BCUT2D eigenvalue weighted by atomic mass is 10.2. The smallest absolute Gasteiger partial charge is 0.312 e. The summed E-state index contributed by atoms with van der Waals surface area (Å²) in [6.07, 6.45) is 0. The number of nitrogen functional groups attached to an aromatic ring is 1. The van der Waals surface area contributed by atoms with E-state index in [0.717, 1.165) is 38.4 Å². The number of nitrogens with two attached hydrogens (primary N) is 1. The van der Waals surface area contributed by atoms with E-state index in [4.69, 9.17) is 46.1 Å². The molecular formula is C42H39Br3ClN3O10. The van der Waals surface area contributed by atoms with E-state index >= 15 is 0 Å². The Morgan fingerprint density at radius 2 is 0.932 bits per heavy atom. The van der Waals surface area contributed by atoms with Crippen molar-refractivity contribution in [3.63, 3.8) is 0 Å². The van der Waals surface area contributed by atoms with Crippen LogP contribution in [0.5, 0.6) is 34.5 Å².